The lowest BCUT2D eigenvalue weighted by molar-refractivity contribution is 0.0474. The van der Waals surface area contributed by atoms with Crippen molar-refractivity contribution in [2.24, 2.45) is 0 Å². The number of para-hydroxylation sites is 1. The minimum absolute atomic E-state index is 0.101. The number of rotatable bonds is 7. The quantitative estimate of drug-likeness (QED) is 0.362. The average Bonchev–Trinajstić information content (AvgIpc) is 3.45. The number of benzene rings is 1. The number of carbonyl (C=O) groups is 1. The fraction of sp³-hybridized carbons (Fsp3) is 0.250. The van der Waals surface area contributed by atoms with Gasteiger partial charge < -0.3 is 19.1 Å². The predicted molar refractivity (Wildman–Crippen MR) is 122 cm³/mol. The Morgan fingerprint density at radius 1 is 1.13 bits per heavy atom. The zero-order chi connectivity index (χ0) is 21.3. The molecule has 0 saturated heterocycles. The summed E-state index contributed by atoms with van der Waals surface area (Å²) < 4.78 is 17.3. The molecule has 4 aromatic rings. The van der Waals surface area contributed by atoms with Crippen LogP contribution in [0.15, 0.2) is 29.6 Å². The Labute approximate surface area is 185 Å². The standard InChI is InChI=1S/C20H19N3O4S3/c1-23(2)20-22-18-14(30-20)8-15(29-18)19(24)27-9-11-10-28-17(21-11)12-6-5-7-13(25-3)16(12)26-4/h5-8,10H,9H2,1-4H3. The number of aromatic nitrogens is 2. The van der Waals surface area contributed by atoms with E-state index in [1.807, 2.05) is 48.6 Å². The summed E-state index contributed by atoms with van der Waals surface area (Å²) in [7, 11) is 7.08. The minimum atomic E-state index is -0.370. The molecule has 0 amide bonds. The van der Waals surface area contributed by atoms with Crippen LogP contribution in [0.2, 0.25) is 0 Å². The zero-order valence-corrected chi connectivity index (χ0v) is 19.2. The topological polar surface area (TPSA) is 73.8 Å². The molecule has 3 heterocycles. The first-order chi connectivity index (χ1) is 14.5. The SMILES string of the molecule is COc1cccc(-c2nc(COC(=O)c3cc4sc(N(C)C)nc4s3)cs2)c1OC. The highest BCUT2D eigenvalue weighted by atomic mass is 32.1. The summed E-state index contributed by atoms with van der Waals surface area (Å²) in [4.78, 5) is 24.9. The highest BCUT2D eigenvalue weighted by Crippen LogP contribution is 2.39. The van der Waals surface area contributed by atoms with Crippen LogP contribution in [0, 0.1) is 0 Å². The predicted octanol–water partition coefficient (Wildman–Crippen LogP) is 4.92. The van der Waals surface area contributed by atoms with Crippen molar-refractivity contribution in [2.75, 3.05) is 33.2 Å². The van der Waals surface area contributed by atoms with Crippen molar-refractivity contribution in [2.45, 2.75) is 6.61 Å². The molecular formula is C20H19N3O4S3. The summed E-state index contributed by atoms with van der Waals surface area (Å²) in [5, 5.41) is 3.56. The zero-order valence-electron chi connectivity index (χ0n) is 16.8. The number of methoxy groups -OCH3 is 2. The van der Waals surface area contributed by atoms with Gasteiger partial charge in [0.2, 0.25) is 0 Å². The maximum absolute atomic E-state index is 12.5. The first-order valence-corrected chi connectivity index (χ1v) is 11.4. The molecule has 4 rings (SSSR count). The van der Waals surface area contributed by atoms with Crippen LogP contribution in [0.1, 0.15) is 15.4 Å². The molecule has 1 aromatic carbocycles. The van der Waals surface area contributed by atoms with Crippen LogP contribution < -0.4 is 14.4 Å². The lowest BCUT2D eigenvalue weighted by Crippen LogP contribution is -2.07. The van der Waals surface area contributed by atoms with Crippen molar-refractivity contribution >= 4 is 54.6 Å². The number of anilines is 1. The fourth-order valence-corrected chi connectivity index (χ4v) is 5.63. The van der Waals surface area contributed by atoms with E-state index in [9.17, 15) is 4.79 Å². The fourth-order valence-electron chi connectivity index (χ4n) is 2.78. The van der Waals surface area contributed by atoms with Crippen molar-refractivity contribution in [1.82, 2.24) is 9.97 Å². The molecule has 0 aliphatic carbocycles. The van der Waals surface area contributed by atoms with E-state index < -0.39 is 0 Å². The van der Waals surface area contributed by atoms with Gasteiger partial charge in [-0.3, -0.25) is 0 Å². The van der Waals surface area contributed by atoms with Crippen LogP contribution >= 0.6 is 34.0 Å². The molecule has 0 spiro atoms. The Balaban J connectivity index is 1.46. The number of fused-ring (bicyclic) bond motifs is 1. The molecule has 3 aromatic heterocycles. The van der Waals surface area contributed by atoms with Crippen molar-refractivity contribution in [3.05, 3.63) is 40.2 Å². The van der Waals surface area contributed by atoms with E-state index >= 15 is 0 Å². The van der Waals surface area contributed by atoms with E-state index in [2.05, 4.69) is 9.97 Å². The largest absolute Gasteiger partial charge is 0.493 e. The van der Waals surface area contributed by atoms with E-state index in [1.54, 1.807) is 25.6 Å². The number of hydrogen-bond donors (Lipinski definition) is 0. The molecule has 0 fully saturated rings. The smallest absolute Gasteiger partial charge is 0.348 e. The monoisotopic (exact) mass is 461 g/mol. The van der Waals surface area contributed by atoms with Gasteiger partial charge >= 0.3 is 5.97 Å². The molecule has 156 valence electrons. The minimum Gasteiger partial charge on any atom is -0.493 e. The Morgan fingerprint density at radius 3 is 2.67 bits per heavy atom. The van der Waals surface area contributed by atoms with E-state index in [-0.39, 0.29) is 12.6 Å². The number of thiazole rings is 2. The average molecular weight is 462 g/mol. The maximum Gasteiger partial charge on any atom is 0.348 e. The van der Waals surface area contributed by atoms with Crippen LogP contribution in [0.4, 0.5) is 5.13 Å². The lowest BCUT2D eigenvalue weighted by Gasteiger charge is -2.10. The molecule has 7 nitrogen and oxygen atoms in total. The third kappa shape index (κ3) is 3.98. The Bertz CT molecular complexity index is 1160. The van der Waals surface area contributed by atoms with Gasteiger partial charge in [-0.2, -0.15) is 0 Å². The molecule has 0 saturated carbocycles. The third-order valence-electron chi connectivity index (χ3n) is 4.20. The third-order valence-corrected chi connectivity index (χ3v) is 7.43. The van der Waals surface area contributed by atoms with Gasteiger partial charge in [-0.1, -0.05) is 17.4 Å². The van der Waals surface area contributed by atoms with E-state index in [0.29, 0.717) is 22.1 Å². The Kier molecular flexibility index (Phi) is 5.89. The molecule has 10 heteroatoms. The Hall–Kier alpha value is -2.69. The van der Waals surface area contributed by atoms with Gasteiger partial charge in [0, 0.05) is 19.5 Å². The molecular weight excluding hydrogens is 442 g/mol. The molecule has 0 bridgehead atoms. The van der Waals surface area contributed by atoms with Gasteiger partial charge in [0.1, 0.15) is 21.3 Å². The van der Waals surface area contributed by atoms with Gasteiger partial charge in [-0.05, 0) is 18.2 Å². The number of nitrogens with zero attached hydrogens (tertiary/aromatic N) is 3. The summed E-state index contributed by atoms with van der Waals surface area (Å²) in [5.74, 6) is 0.896. The normalized spacial score (nSPS) is 10.9. The molecule has 0 radical (unpaired) electrons. The number of carbonyl (C=O) groups excluding carboxylic acids is 1. The van der Waals surface area contributed by atoms with E-state index in [1.165, 1.54) is 22.7 Å². The van der Waals surface area contributed by atoms with Gasteiger partial charge in [0.25, 0.3) is 0 Å². The number of ether oxygens (including phenoxy) is 3. The Morgan fingerprint density at radius 2 is 1.97 bits per heavy atom. The van der Waals surface area contributed by atoms with Crippen LogP contribution in [0.25, 0.3) is 20.1 Å². The first-order valence-electron chi connectivity index (χ1n) is 8.90. The van der Waals surface area contributed by atoms with Gasteiger partial charge in [-0.25, -0.2) is 14.8 Å². The second kappa shape index (κ2) is 8.58. The maximum atomic E-state index is 12.5. The summed E-state index contributed by atoms with van der Waals surface area (Å²) in [5.41, 5.74) is 1.51. The van der Waals surface area contributed by atoms with E-state index in [4.69, 9.17) is 14.2 Å². The lowest BCUT2D eigenvalue weighted by atomic mass is 10.2. The number of hydrogen-bond acceptors (Lipinski definition) is 10. The van der Waals surface area contributed by atoms with Crippen molar-refractivity contribution in [3.63, 3.8) is 0 Å². The summed E-state index contributed by atoms with van der Waals surface area (Å²) >= 11 is 4.35. The molecule has 0 N–H and O–H groups in total. The molecule has 0 aliphatic heterocycles. The summed E-state index contributed by atoms with van der Waals surface area (Å²) in [6.45, 7) is 0.101. The second-order valence-electron chi connectivity index (χ2n) is 6.43. The van der Waals surface area contributed by atoms with Crippen molar-refractivity contribution < 1.29 is 19.0 Å². The van der Waals surface area contributed by atoms with Crippen LogP contribution in [-0.4, -0.2) is 44.3 Å². The van der Waals surface area contributed by atoms with Gasteiger partial charge in [0.05, 0.1) is 30.2 Å². The molecule has 30 heavy (non-hydrogen) atoms. The highest BCUT2D eigenvalue weighted by Gasteiger charge is 2.18. The number of thiophene rings is 1. The number of esters is 1. The van der Waals surface area contributed by atoms with Crippen LogP contribution in [0.3, 0.4) is 0 Å². The molecule has 0 aliphatic rings. The summed E-state index contributed by atoms with van der Waals surface area (Å²) in [6, 6.07) is 7.47. The highest BCUT2D eigenvalue weighted by molar-refractivity contribution is 7.29. The molecule has 0 unspecified atom stereocenters. The van der Waals surface area contributed by atoms with Crippen LogP contribution in [0.5, 0.6) is 11.5 Å². The van der Waals surface area contributed by atoms with Gasteiger partial charge in [0.15, 0.2) is 16.6 Å². The molecule has 0 atom stereocenters. The summed E-state index contributed by atoms with van der Waals surface area (Å²) in [6.07, 6.45) is 0. The first kappa shape index (κ1) is 20.6. The van der Waals surface area contributed by atoms with Gasteiger partial charge in [-0.15, -0.1) is 22.7 Å². The van der Waals surface area contributed by atoms with E-state index in [0.717, 1.165) is 25.2 Å². The van der Waals surface area contributed by atoms with Crippen LogP contribution in [-0.2, 0) is 11.3 Å². The second-order valence-corrected chi connectivity index (χ2v) is 9.33. The van der Waals surface area contributed by atoms with Crippen molar-refractivity contribution in [1.29, 1.82) is 0 Å². The van der Waals surface area contributed by atoms with Crippen molar-refractivity contribution in [3.8, 4) is 22.1 Å².